The molecule has 84 valence electrons. The van der Waals surface area contributed by atoms with E-state index in [1.54, 1.807) is 6.33 Å². The minimum Gasteiger partial charge on any atom is -0.369 e. The second-order valence-electron chi connectivity index (χ2n) is 4.29. The fourth-order valence-corrected chi connectivity index (χ4v) is 1.55. The van der Waals surface area contributed by atoms with E-state index < -0.39 is 0 Å². The Balaban J connectivity index is 2.94. The van der Waals surface area contributed by atoms with Crippen LogP contribution in [0.2, 0.25) is 0 Å². The van der Waals surface area contributed by atoms with Crippen LogP contribution in [0.1, 0.15) is 27.7 Å². The van der Waals surface area contributed by atoms with Gasteiger partial charge >= 0.3 is 0 Å². The molecule has 0 radical (unpaired) electrons. The molecule has 0 amide bonds. The molecule has 0 unspecified atom stereocenters. The van der Waals surface area contributed by atoms with E-state index in [9.17, 15) is 0 Å². The van der Waals surface area contributed by atoms with Gasteiger partial charge in [0.05, 0.1) is 0 Å². The topological polar surface area (TPSA) is 49.8 Å². The van der Waals surface area contributed by atoms with Crippen molar-refractivity contribution in [2.75, 3.05) is 17.2 Å². The van der Waals surface area contributed by atoms with Gasteiger partial charge < -0.3 is 10.6 Å². The van der Waals surface area contributed by atoms with E-state index >= 15 is 0 Å². The van der Waals surface area contributed by atoms with Crippen molar-refractivity contribution in [3.63, 3.8) is 0 Å². The van der Waals surface area contributed by atoms with Crippen LogP contribution in [0.5, 0.6) is 0 Å². The third-order valence-electron chi connectivity index (χ3n) is 1.63. The van der Waals surface area contributed by atoms with Gasteiger partial charge in [-0.25, -0.2) is 9.97 Å². The molecule has 0 aliphatic rings. The minimum atomic E-state index is -0.0135. The zero-order valence-corrected chi connectivity index (χ0v) is 11.1. The quantitative estimate of drug-likeness (QED) is 0.889. The molecule has 5 heteroatoms. The highest BCUT2D eigenvalue weighted by molar-refractivity contribution is 9.10. The molecular formula is C10H17BrN4. The first-order chi connectivity index (χ1) is 6.94. The molecule has 0 aliphatic heterocycles. The summed E-state index contributed by atoms with van der Waals surface area (Å²) in [5, 5.41) is 6.47. The van der Waals surface area contributed by atoms with E-state index in [2.05, 4.69) is 57.3 Å². The number of aromatic nitrogens is 2. The van der Waals surface area contributed by atoms with Crippen LogP contribution in [0.25, 0.3) is 0 Å². The molecule has 0 aliphatic carbocycles. The van der Waals surface area contributed by atoms with E-state index in [1.807, 2.05) is 6.92 Å². The summed E-state index contributed by atoms with van der Waals surface area (Å²) in [5.74, 6) is 1.63. The summed E-state index contributed by atoms with van der Waals surface area (Å²) in [5.41, 5.74) is -0.0135. The molecule has 0 atom stereocenters. The Labute approximate surface area is 99.0 Å². The number of nitrogens with zero attached hydrogens (tertiary/aromatic N) is 2. The Morgan fingerprint density at radius 3 is 2.40 bits per heavy atom. The van der Waals surface area contributed by atoms with Crippen molar-refractivity contribution in [3.8, 4) is 0 Å². The van der Waals surface area contributed by atoms with Crippen LogP contribution in [0.15, 0.2) is 10.8 Å². The summed E-state index contributed by atoms with van der Waals surface area (Å²) in [6.45, 7) is 9.15. The van der Waals surface area contributed by atoms with Gasteiger partial charge in [0.1, 0.15) is 22.4 Å². The first kappa shape index (κ1) is 12.2. The van der Waals surface area contributed by atoms with Gasteiger partial charge in [0.25, 0.3) is 0 Å². The summed E-state index contributed by atoms with van der Waals surface area (Å²) in [6.07, 6.45) is 1.55. The van der Waals surface area contributed by atoms with E-state index in [0.717, 1.165) is 22.7 Å². The Hall–Kier alpha value is -0.840. The van der Waals surface area contributed by atoms with Crippen LogP contribution in [0, 0.1) is 0 Å². The third kappa shape index (κ3) is 3.66. The van der Waals surface area contributed by atoms with Crippen molar-refractivity contribution in [3.05, 3.63) is 10.8 Å². The molecule has 0 bridgehead atoms. The summed E-state index contributed by atoms with van der Waals surface area (Å²) in [7, 11) is 0. The van der Waals surface area contributed by atoms with Crippen LogP contribution in [-0.2, 0) is 0 Å². The Kier molecular flexibility index (Phi) is 3.90. The lowest BCUT2D eigenvalue weighted by atomic mass is 10.1. The molecule has 2 N–H and O–H groups in total. The maximum absolute atomic E-state index is 4.20. The Morgan fingerprint density at radius 2 is 1.87 bits per heavy atom. The number of rotatable bonds is 3. The molecule has 0 aromatic carbocycles. The molecule has 0 fully saturated rings. The predicted octanol–water partition coefficient (Wildman–Crippen LogP) is 2.88. The first-order valence-electron chi connectivity index (χ1n) is 4.96. The molecule has 0 spiro atoms. The van der Waals surface area contributed by atoms with Crippen LogP contribution in [0.4, 0.5) is 11.6 Å². The number of hydrogen-bond acceptors (Lipinski definition) is 4. The molecule has 1 heterocycles. The lowest BCUT2D eigenvalue weighted by Gasteiger charge is -2.22. The summed E-state index contributed by atoms with van der Waals surface area (Å²) in [6, 6.07) is 0. The summed E-state index contributed by atoms with van der Waals surface area (Å²) in [4.78, 5) is 8.35. The molecule has 1 aromatic rings. The predicted molar refractivity (Wildman–Crippen MR) is 67.3 cm³/mol. The average Bonchev–Trinajstić information content (AvgIpc) is 2.10. The van der Waals surface area contributed by atoms with Gasteiger partial charge in [-0.3, -0.25) is 0 Å². The van der Waals surface area contributed by atoms with Crippen LogP contribution < -0.4 is 10.6 Å². The Bertz CT molecular complexity index is 333. The lowest BCUT2D eigenvalue weighted by Crippen LogP contribution is -2.27. The molecule has 15 heavy (non-hydrogen) atoms. The zero-order chi connectivity index (χ0) is 11.5. The van der Waals surface area contributed by atoms with Gasteiger partial charge in [0.2, 0.25) is 0 Å². The van der Waals surface area contributed by atoms with Crippen molar-refractivity contribution >= 4 is 27.6 Å². The number of nitrogens with one attached hydrogen (secondary N) is 2. The molecule has 1 aromatic heterocycles. The second kappa shape index (κ2) is 4.79. The van der Waals surface area contributed by atoms with Crippen molar-refractivity contribution in [1.82, 2.24) is 9.97 Å². The summed E-state index contributed by atoms with van der Waals surface area (Å²) < 4.78 is 0.877. The van der Waals surface area contributed by atoms with Crippen molar-refractivity contribution in [1.29, 1.82) is 0 Å². The second-order valence-corrected chi connectivity index (χ2v) is 5.08. The fraction of sp³-hybridized carbons (Fsp3) is 0.600. The monoisotopic (exact) mass is 272 g/mol. The van der Waals surface area contributed by atoms with Gasteiger partial charge in [-0.1, -0.05) is 0 Å². The van der Waals surface area contributed by atoms with Gasteiger partial charge in [-0.2, -0.15) is 0 Å². The average molecular weight is 273 g/mol. The number of anilines is 2. The lowest BCUT2D eigenvalue weighted by molar-refractivity contribution is 0.629. The smallest absolute Gasteiger partial charge is 0.146 e. The fourth-order valence-electron chi connectivity index (χ4n) is 1.10. The Morgan fingerprint density at radius 1 is 1.27 bits per heavy atom. The van der Waals surface area contributed by atoms with Gasteiger partial charge in [-0.05, 0) is 43.6 Å². The van der Waals surface area contributed by atoms with Crippen LogP contribution >= 0.6 is 15.9 Å². The standard InChI is InChI=1S/C10H17BrN4/c1-5-12-8-7(11)9(14-6-13-8)15-10(2,3)4/h6H,5H2,1-4H3,(H2,12,13,14,15). The zero-order valence-electron chi connectivity index (χ0n) is 9.56. The van der Waals surface area contributed by atoms with Gasteiger partial charge in [0, 0.05) is 12.1 Å². The third-order valence-corrected chi connectivity index (χ3v) is 2.38. The molecule has 0 saturated carbocycles. The van der Waals surface area contributed by atoms with E-state index in [1.165, 1.54) is 0 Å². The maximum Gasteiger partial charge on any atom is 0.146 e. The normalized spacial score (nSPS) is 11.3. The van der Waals surface area contributed by atoms with Crippen LogP contribution in [0.3, 0.4) is 0 Å². The summed E-state index contributed by atoms with van der Waals surface area (Å²) >= 11 is 3.48. The van der Waals surface area contributed by atoms with Gasteiger partial charge in [0.15, 0.2) is 0 Å². The van der Waals surface area contributed by atoms with Crippen molar-refractivity contribution in [2.45, 2.75) is 33.2 Å². The maximum atomic E-state index is 4.20. The van der Waals surface area contributed by atoms with Gasteiger partial charge in [-0.15, -0.1) is 0 Å². The highest BCUT2D eigenvalue weighted by Gasteiger charge is 2.14. The SMILES string of the molecule is CCNc1ncnc(NC(C)(C)C)c1Br. The van der Waals surface area contributed by atoms with Crippen molar-refractivity contribution in [2.24, 2.45) is 0 Å². The van der Waals surface area contributed by atoms with E-state index in [0.29, 0.717) is 0 Å². The van der Waals surface area contributed by atoms with E-state index in [-0.39, 0.29) is 5.54 Å². The number of hydrogen-bond donors (Lipinski definition) is 2. The largest absolute Gasteiger partial charge is 0.369 e. The minimum absolute atomic E-state index is 0.0135. The first-order valence-corrected chi connectivity index (χ1v) is 5.76. The molecule has 1 rings (SSSR count). The highest BCUT2D eigenvalue weighted by Crippen LogP contribution is 2.28. The number of halogens is 1. The molecule has 0 saturated heterocycles. The highest BCUT2D eigenvalue weighted by atomic mass is 79.9. The van der Waals surface area contributed by atoms with Crippen LogP contribution in [-0.4, -0.2) is 22.1 Å². The molecular weight excluding hydrogens is 256 g/mol. The van der Waals surface area contributed by atoms with Crippen molar-refractivity contribution < 1.29 is 0 Å². The van der Waals surface area contributed by atoms with E-state index in [4.69, 9.17) is 0 Å². The molecule has 4 nitrogen and oxygen atoms in total.